The van der Waals surface area contributed by atoms with E-state index >= 15 is 0 Å². The van der Waals surface area contributed by atoms with Crippen LogP contribution in [0.4, 0.5) is 5.82 Å². The minimum absolute atomic E-state index is 0.108. The number of piperidine rings is 1. The number of sulfone groups is 1. The number of rotatable bonds is 3. The number of nitrogens with zero attached hydrogens (tertiary/aromatic N) is 4. The van der Waals surface area contributed by atoms with Crippen molar-refractivity contribution in [3.8, 4) is 0 Å². The number of aryl methyl sites for hydroxylation is 1. The normalized spacial score (nSPS) is 19.4. The molecule has 1 unspecified atom stereocenters. The molecule has 0 amide bonds. The maximum absolute atomic E-state index is 11.9. The molecule has 0 saturated carbocycles. The molecular weight excluding hydrogens is 302 g/mol. The molecule has 3 heterocycles. The van der Waals surface area contributed by atoms with Crippen LogP contribution in [0.1, 0.15) is 30.1 Å². The summed E-state index contributed by atoms with van der Waals surface area (Å²) in [6, 6.07) is 1.95. The van der Waals surface area contributed by atoms with Gasteiger partial charge in [-0.25, -0.2) is 18.4 Å². The van der Waals surface area contributed by atoms with E-state index in [0.717, 1.165) is 37.4 Å². The summed E-state index contributed by atoms with van der Waals surface area (Å²) in [4.78, 5) is 10.9. The fourth-order valence-electron chi connectivity index (χ4n) is 2.91. The molecule has 1 fully saturated rings. The first-order valence-electron chi connectivity index (χ1n) is 7.22. The second-order valence-corrected chi connectivity index (χ2v) is 7.71. The van der Waals surface area contributed by atoms with Crippen LogP contribution in [0.5, 0.6) is 0 Å². The highest BCUT2D eigenvalue weighted by Crippen LogP contribution is 2.31. The first kappa shape index (κ1) is 15.0. The van der Waals surface area contributed by atoms with Crippen molar-refractivity contribution < 1.29 is 8.42 Å². The molecule has 1 N–H and O–H groups in total. The lowest BCUT2D eigenvalue weighted by molar-refractivity contribution is 0.491. The maximum atomic E-state index is 11.9. The van der Waals surface area contributed by atoms with Gasteiger partial charge in [-0.2, -0.15) is 5.10 Å². The molecule has 0 aromatic carbocycles. The van der Waals surface area contributed by atoms with E-state index in [9.17, 15) is 8.42 Å². The first-order valence-corrected chi connectivity index (χ1v) is 9.11. The zero-order valence-corrected chi connectivity index (χ0v) is 13.5. The Morgan fingerprint density at radius 3 is 2.91 bits per heavy atom. The molecule has 1 aliphatic rings. The van der Waals surface area contributed by atoms with E-state index in [1.54, 1.807) is 6.33 Å². The van der Waals surface area contributed by atoms with Gasteiger partial charge in [-0.1, -0.05) is 0 Å². The second kappa shape index (κ2) is 5.68. The van der Waals surface area contributed by atoms with Gasteiger partial charge in [0, 0.05) is 37.0 Å². The Hall–Kier alpha value is -1.96. The van der Waals surface area contributed by atoms with Gasteiger partial charge in [0.15, 0.2) is 9.84 Å². The molecule has 118 valence electrons. The Bertz CT molecular complexity index is 771. The van der Waals surface area contributed by atoms with Gasteiger partial charge < -0.3 is 4.90 Å². The van der Waals surface area contributed by atoms with Crippen molar-refractivity contribution in [1.82, 2.24) is 20.2 Å². The van der Waals surface area contributed by atoms with E-state index in [4.69, 9.17) is 0 Å². The average Bonchev–Trinajstić information content (AvgIpc) is 2.97. The van der Waals surface area contributed by atoms with Crippen molar-refractivity contribution in [2.45, 2.75) is 30.6 Å². The summed E-state index contributed by atoms with van der Waals surface area (Å²) >= 11 is 0. The monoisotopic (exact) mass is 321 g/mol. The van der Waals surface area contributed by atoms with Gasteiger partial charge in [0.05, 0.1) is 11.9 Å². The van der Waals surface area contributed by atoms with E-state index < -0.39 is 9.84 Å². The van der Waals surface area contributed by atoms with Crippen molar-refractivity contribution in [2.75, 3.05) is 24.2 Å². The number of hydrogen-bond acceptors (Lipinski definition) is 6. The van der Waals surface area contributed by atoms with Crippen LogP contribution < -0.4 is 4.90 Å². The second-order valence-electron chi connectivity index (χ2n) is 5.72. The summed E-state index contributed by atoms with van der Waals surface area (Å²) in [7, 11) is -3.27. The molecule has 1 saturated heterocycles. The van der Waals surface area contributed by atoms with E-state index in [2.05, 4.69) is 25.1 Å². The number of aromatic amines is 1. The van der Waals surface area contributed by atoms with Gasteiger partial charge in [-0.15, -0.1) is 0 Å². The molecule has 2 aromatic rings. The molecule has 2 aromatic heterocycles. The van der Waals surface area contributed by atoms with Crippen LogP contribution in [0.3, 0.4) is 0 Å². The molecule has 0 spiro atoms. The third-order valence-corrected chi connectivity index (χ3v) is 5.10. The lowest BCUT2D eigenvalue weighted by Crippen LogP contribution is -2.35. The third kappa shape index (κ3) is 2.96. The van der Waals surface area contributed by atoms with Crippen LogP contribution in [0, 0.1) is 6.92 Å². The van der Waals surface area contributed by atoms with Crippen LogP contribution in [0.2, 0.25) is 0 Å². The molecule has 3 rings (SSSR count). The average molecular weight is 321 g/mol. The summed E-state index contributed by atoms with van der Waals surface area (Å²) < 4.78 is 23.7. The summed E-state index contributed by atoms with van der Waals surface area (Å²) in [5.74, 6) is 0.994. The summed E-state index contributed by atoms with van der Waals surface area (Å²) in [6.07, 6.45) is 6.10. The van der Waals surface area contributed by atoms with Gasteiger partial charge in [0.25, 0.3) is 0 Å². The summed E-state index contributed by atoms with van der Waals surface area (Å²) in [6.45, 7) is 3.57. The largest absolute Gasteiger partial charge is 0.356 e. The molecule has 0 aliphatic carbocycles. The highest BCUT2D eigenvalue weighted by Gasteiger charge is 2.28. The van der Waals surface area contributed by atoms with Crippen LogP contribution >= 0.6 is 0 Å². The third-order valence-electron chi connectivity index (χ3n) is 3.97. The van der Waals surface area contributed by atoms with E-state index in [0.29, 0.717) is 10.6 Å². The fraction of sp³-hybridized carbons (Fsp3) is 0.500. The number of H-pyrrole nitrogens is 1. The first-order chi connectivity index (χ1) is 10.4. The molecule has 1 aliphatic heterocycles. The van der Waals surface area contributed by atoms with Crippen molar-refractivity contribution in [3.05, 3.63) is 30.0 Å². The molecule has 8 heteroatoms. The topological polar surface area (TPSA) is 91.8 Å². The minimum Gasteiger partial charge on any atom is -0.356 e. The molecule has 22 heavy (non-hydrogen) atoms. The molecular formula is C14H19N5O2S. The zero-order chi connectivity index (χ0) is 15.7. The summed E-state index contributed by atoms with van der Waals surface area (Å²) in [5, 5.41) is 6.80. The number of anilines is 1. The fourth-order valence-corrected chi connectivity index (χ4v) is 3.76. The zero-order valence-electron chi connectivity index (χ0n) is 12.7. The van der Waals surface area contributed by atoms with Gasteiger partial charge in [-0.3, -0.25) is 5.10 Å². The van der Waals surface area contributed by atoms with Gasteiger partial charge >= 0.3 is 0 Å². The predicted octanol–water partition coefficient (Wildman–Crippen LogP) is 1.30. The van der Waals surface area contributed by atoms with Gasteiger partial charge in [-0.05, 0) is 19.8 Å². The Morgan fingerprint density at radius 2 is 2.18 bits per heavy atom. The van der Waals surface area contributed by atoms with Gasteiger partial charge in [0.1, 0.15) is 17.0 Å². The molecule has 0 radical (unpaired) electrons. The van der Waals surface area contributed by atoms with E-state index in [1.807, 2.05) is 13.0 Å². The predicted molar refractivity (Wildman–Crippen MR) is 82.7 cm³/mol. The number of hydrogen-bond donors (Lipinski definition) is 1. The van der Waals surface area contributed by atoms with Crippen LogP contribution in [-0.4, -0.2) is 47.9 Å². The van der Waals surface area contributed by atoms with E-state index in [-0.39, 0.29) is 5.92 Å². The Kier molecular flexibility index (Phi) is 3.86. The maximum Gasteiger partial charge on any atom is 0.178 e. The standard InChI is InChI=1S/C14H19N5O2S/c1-10-6-13(16-9-15-10)19-5-3-4-11(8-19)14-12(7-17-18-14)22(2,20)21/h6-7,9,11H,3-5,8H2,1-2H3,(H,17,18). The highest BCUT2D eigenvalue weighted by atomic mass is 32.2. The minimum atomic E-state index is -3.27. The smallest absolute Gasteiger partial charge is 0.178 e. The van der Waals surface area contributed by atoms with Crippen molar-refractivity contribution in [3.63, 3.8) is 0 Å². The van der Waals surface area contributed by atoms with E-state index in [1.165, 1.54) is 12.5 Å². The van der Waals surface area contributed by atoms with Gasteiger partial charge in [0.2, 0.25) is 0 Å². The van der Waals surface area contributed by atoms with Crippen LogP contribution in [0.15, 0.2) is 23.5 Å². The highest BCUT2D eigenvalue weighted by molar-refractivity contribution is 7.90. The molecule has 7 nitrogen and oxygen atoms in total. The SMILES string of the molecule is Cc1cc(N2CCCC(c3[nH]ncc3S(C)(=O)=O)C2)ncn1. The quantitative estimate of drug-likeness (QED) is 0.916. The number of aromatic nitrogens is 4. The number of nitrogens with one attached hydrogen (secondary N) is 1. The van der Waals surface area contributed by atoms with Crippen molar-refractivity contribution in [1.29, 1.82) is 0 Å². The Balaban J connectivity index is 1.87. The lowest BCUT2D eigenvalue weighted by Gasteiger charge is -2.33. The van der Waals surface area contributed by atoms with Crippen molar-refractivity contribution >= 4 is 15.7 Å². The van der Waals surface area contributed by atoms with Crippen molar-refractivity contribution in [2.24, 2.45) is 0 Å². The Morgan fingerprint density at radius 1 is 1.36 bits per heavy atom. The molecule has 0 bridgehead atoms. The van der Waals surface area contributed by atoms with Crippen LogP contribution in [-0.2, 0) is 9.84 Å². The lowest BCUT2D eigenvalue weighted by atomic mass is 9.95. The van der Waals surface area contributed by atoms with Crippen LogP contribution in [0.25, 0.3) is 0 Å². The molecule has 1 atom stereocenters. The summed E-state index contributed by atoms with van der Waals surface area (Å²) in [5.41, 5.74) is 1.63. The Labute approximate surface area is 129 Å².